The van der Waals surface area contributed by atoms with Crippen LogP contribution in [0.3, 0.4) is 0 Å². The van der Waals surface area contributed by atoms with E-state index in [1.54, 1.807) is 0 Å². The Morgan fingerprint density at radius 2 is 1.94 bits per heavy atom. The molecule has 0 heterocycles. The largest absolute Gasteiger partial charge is 0.394 e. The van der Waals surface area contributed by atoms with E-state index in [1.165, 1.54) is 6.92 Å². The molecule has 0 saturated heterocycles. The van der Waals surface area contributed by atoms with E-state index in [4.69, 9.17) is 10.2 Å². The number of rotatable bonds is 4. The van der Waals surface area contributed by atoms with E-state index in [9.17, 15) is 13.6 Å². The van der Waals surface area contributed by atoms with Crippen LogP contribution in [0.4, 0.5) is 19.3 Å². The van der Waals surface area contributed by atoms with Crippen molar-refractivity contribution in [1.29, 1.82) is 0 Å². The number of aliphatic hydroxyl groups is 2. The van der Waals surface area contributed by atoms with Crippen LogP contribution in [0.5, 0.6) is 0 Å². The number of halogens is 2. The third-order valence-electron chi connectivity index (χ3n) is 2.29. The summed E-state index contributed by atoms with van der Waals surface area (Å²) in [6.07, 6.45) is 0. The zero-order valence-electron chi connectivity index (χ0n) is 9.70. The van der Waals surface area contributed by atoms with Crippen LogP contribution in [0.15, 0.2) is 18.2 Å². The van der Waals surface area contributed by atoms with Gasteiger partial charge in [0.05, 0.1) is 24.4 Å². The predicted molar refractivity (Wildman–Crippen MR) is 61.1 cm³/mol. The molecule has 0 radical (unpaired) electrons. The molecule has 7 heteroatoms. The molecular weight excluding hydrogens is 246 g/mol. The quantitative estimate of drug-likeness (QED) is 0.647. The lowest BCUT2D eigenvalue weighted by Gasteiger charge is -2.26. The summed E-state index contributed by atoms with van der Waals surface area (Å²) in [7, 11) is 0. The Bertz CT molecular complexity index is 436. The maximum atomic E-state index is 13.2. The molecule has 0 spiro atoms. The number of hydrogen-bond donors (Lipinski definition) is 4. The fourth-order valence-electron chi connectivity index (χ4n) is 1.15. The van der Waals surface area contributed by atoms with Gasteiger partial charge in [0.2, 0.25) is 0 Å². The van der Waals surface area contributed by atoms with Crippen LogP contribution in [0.25, 0.3) is 0 Å². The first-order chi connectivity index (χ1) is 8.40. The van der Waals surface area contributed by atoms with Crippen LogP contribution in [-0.4, -0.2) is 35.0 Å². The molecule has 1 aromatic carbocycles. The Morgan fingerprint density at radius 1 is 1.33 bits per heavy atom. The second-order valence-electron chi connectivity index (χ2n) is 4.08. The number of amides is 2. The summed E-state index contributed by atoms with van der Waals surface area (Å²) in [5.74, 6) is -1.67. The molecular formula is C11H14F2N2O3. The van der Waals surface area contributed by atoms with Gasteiger partial charge in [0, 0.05) is 6.07 Å². The van der Waals surface area contributed by atoms with Crippen molar-refractivity contribution in [3.63, 3.8) is 0 Å². The molecule has 1 rings (SSSR count). The van der Waals surface area contributed by atoms with E-state index in [-0.39, 0.29) is 5.69 Å². The van der Waals surface area contributed by atoms with Gasteiger partial charge >= 0.3 is 6.03 Å². The zero-order chi connectivity index (χ0) is 13.8. The summed E-state index contributed by atoms with van der Waals surface area (Å²) in [4.78, 5) is 11.5. The highest BCUT2D eigenvalue weighted by molar-refractivity contribution is 5.89. The van der Waals surface area contributed by atoms with Crippen molar-refractivity contribution < 1.29 is 23.8 Å². The van der Waals surface area contributed by atoms with Gasteiger partial charge in [-0.1, -0.05) is 0 Å². The Balaban J connectivity index is 2.70. The van der Waals surface area contributed by atoms with Crippen LogP contribution in [0, 0.1) is 11.6 Å². The molecule has 100 valence electrons. The number of aliphatic hydroxyl groups excluding tert-OH is 2. The lowest BCUT2D eigenvalue weighted by molar-refractivity contribution is 0.111. The summed E-state index contributed by atoms with van der Waals surface area (Å²) in [6.45, 7) is 0.444. The molecule has 0 fully saturated rings. The molecule has 4 N–H and O–H groups in total. The molecule has 0 bridgehead atoms. The van der Waals surface area contributed by atoms with E-state index < -0.39 is 36.4 Å². The smallest absolute Gasteiger partial charge is 0.319 e. The highest BCUT2D eigenvalue weighted by atomic mass is 19.1. The molecule has 0 aliphatic heterocycles. The summed E-state index contributed by atoms with van der Waals surface area (Å²) in [6, 6.07) is 1.88. The third kappa shape index (κ3) is 3.64. The number of benzene rings is 1. The zero-order valence-corrected chi connectivity index (χ0v) is 9.70. The number of urea groups is 1. The van der Waals surface area contributed by atoms with E-state index in [0.717, 1.165) is 12.1 Å². The van der Waals surface area contributed by atoms with Crippen LogP contribution >= 0.6 is 0 Å². The van der Waals surface area contributed by atoms with Gasteiger partial charge in [-0.05, 0) is 19.1 Å². The molecule has 0 atom stereocenters. The van der Waals surface area contributed by atoms with Crippen molar-refractivity contribution in [2.45, 2.75) is 12.5 Å². The van der Waals surface area contributed by atoms with Gasteiger partial charge in [-0.2, -0.15) is 0 Å². The molecule has 0 unspecified atom stereocenters. The SMILES string of the molecule is CC(CO)(CO)NC(=O)Nc1ccc(F)cc1F. The fraction of sp³-hybridized carbons (Fsp3) is 0.364. The lowest BCUT2D eigenvalue weighted by atomic mass is 10.1. The van der Waals surface area contributed by atoms with Crippen LogP contribution < -0.4 is 10.6 Å². The maximum Gasteiger partial charge on any atom is 0.319 e. The van der Waals surface area contributed by atoms with Gasteiger partial charge < -0.3 is 20.8 Å². The first-order valence-electron chi connectivity index (χ1n) is 5.16. The Labute approximate surface area is 102 Å². The van der Waals surface area contributed by atoms with E-state index in [1.807, 2.05) is 0 Å². The second-order valence-corrected chi connectivity index (χ2v) is 4.08. The van der Waals surface area contributed by atoms with Gasteiger partial charge in [-0.3, -0.25) is 0 Å². The van der Waals surface area contributed by atoms with Crippen LogP contribution in [-0.2, 0) is 0 Å². The minimum absolute atomic E-state index is 0.202. The monoisotopic (exact) mass is 260 g/mol. The van der Waals surface area contributed by atoms with Crippen molar-refractivity contribution in [3.8, 4) is 0 Å². The lowest BCUT2D eigenvalue weighted by Crippen LogP contribution is -2.53. The van der Waals surface area contributed by atoms with Crippen LogP contribution in [0.1, 0.15) is 6.92 Å². The van der Waals surface area contributed by atoms with Gasteiger partial charge in [0.1, 0.15) is 11.6 Å². The molecule has 0 saturated carbocycles. The van der Waals surface area contributed by atoms with Gasteiger partial charge in [-0.25, -0.2) is 13.6 Å². The van der Waals surface area contributed by atoms with Gasteiger partial charge in [0.25, 0.3) is 0 Å². The summed E-state index contributed by atoms with van der Waals surface area (Å²) in [5.41, 5.74) is -1.42. The van der Waals surface area contributed by atoms with Crippen molar-refractivity contribution in [2.24, 2.45) is 0 Å². The third-order valence-corrected chi connectivity index (χ3v) is 2.29. The number of hydrogen-bond acceptors (Lipinski definition) is 3. The Morgan fingerprint density at radius 3 is 2.44 bits per heavy atom. The topological polar surface area (TPSA) is 81.6 Å². The predicted octanol–water partition coefficient (Wildman–Crippen LogP) is 0.830. The maximum absolute atomic E-state index is 13.2. The second kappa shape index (κ2) is 5.74. The summed E-state index contributed by atoms with van der Waals surface area (Å²) in [5, 5.41) is 22.4. The van der Waals surface area contributed by atoms with Crippen molar-refractivity contribution in [2.75, 3.05) is 18.5 Å². The first kappa shape index (κ1) is 14.3. The minimum atomic E-state index is -1.22. The van der Waals surface area contributed by atoms with E-state index in [2.05, 4.69) is 10.6 Å². The number of carbonyl (C=O) groups is 1. The van der Waals surface area contributed by atoms with E-state index >= 15 is 0 Å². The number of carbonyl (C=O) groups excluding carboxylic acids is 1. The molecule has 1 aromatic rings. The Hall–Kier alpha value is -1.73. The average Bonchev–Trinajstić information content (AvgIpc) is 2.32. The van der Waals surface area contributed by atoms with Crippen molar-refractivity contribution >= 4 is 11.7 Å². The van der Waals surface area contributed by atoms with Crippen molar-refractivity contribution in [3.05, 3.63) is 29.8 Å². The number of anilines is 1. The molecule has 0 aromatic heterocycles. The first-order valence-corrected chi connectivity index (χ1v) is 5.16. The standard InChI is InChI=1S/C11H14F2N2O3/c1-11(5-16,6-17)15-10(18)14-9-3-2-7(12)4-8(9)13/h2-4,16-17H,5-6H2,1H3,(H2,14,15,18). The Kier molecular flexibility index (Phi) is 4.57. The normalized spacial score (nSPS) is 11.2. The van der Waals surface area contributed by atoms with Gasteiger partial charge in [-0.15, -0.1) is 0 Å². The molecule has 0 aliphatic rings. The highest BCUT2D eigenvalue weighted by Crippen LogP contribution is 2.15. The highest BCUT2D eigenvalue weighted by Gasteiger charge is 2.24. The van der Waals surface area contributed by atoms with Crippen molar-refractivity contribution in [1.82, 2.24) is 5.32 Å². The van der Waals surface area contributed by atoms with Gasteiger partial charge in [0.15, 0.2) is 0 Å². The molecule has 0 aliphatic carbocycles. The summed E-state index contributed by atoms with van der Waals surface area (Å²) >= 11 is 0. The van der Waals surface area contributed by atoms with Crippen LogP contribution in [0.2, 0.25) is 0 Å². The van der Waals surface area contributed by atoms with E-state index in [0.29, 0.717) is 6.07 Å². The molecule has 2 amide bonds. The summed E-state index contributed by atoms with van der Waals surface area (Å²) < 4.78 is 25.9. The average molecular weight is 260 g/mol. The molecule has 18 heavy (non-hydrogen) atoms. The molecule has 5 nitrogen and oxygen atoms in total. The minimum Gasteiger partial charge on any atom is -0.394 e. The number of nitrogens with one attached hydrogen (secondary N) is 2. The fourth-order valence-corrected chi connectivity index (χ4v) is 1.15.